The molecular weight excluding hydrogens is 925 g/mol. The van der Waals surface area contributed by atoms with Crippen molar-refractivity contribution in [2.75, 3.05) is 13.2 Å². The van der Waals surface area contributed by atoms with E-state index >= 15 is 0 Å². The summed E-state index contributed by atoms with van der Waals surface area (Å²) >= 11 is 0. The molecule has 0 aliphatic heterocycles. The Morgan fingerprint density at radius 1 is 0.280 bits per heavy atom. The third-order valence-corrected chi connectivity index (χ3v) is 12.7. The Kier molecular flexibility index (Phi) is 58.4. The topological polar surface area (TPSA) is 78.9 Å². The van der Waals surface area contributed by atoms with Crippen LogP contribution < -0.4 is 0 Å². The lowest BCUT2D eigenvalue weighted by Gasteiger charge is -2.18. The molecule has 0 heterocycles. The second-order valence-corrected chi connectivity index (χ2v) is 19.9. The van der Waals surface area contributed by atoms with E-state index in [4.69, 9.17) is 14.2 Å². The molecule has 0 rings (SSSR count). The van der Waals surface area contributed by atoms with Crippen molar-refractivity contribution in [1.82, 2.24) is 0 Å². The van der Waals surface area contributed by atoms with E-state index in [1.807, 2.05) is 0 Å². The quantitative estimate of drug-likeness (QED) is 0.0261. The molecule has 0 saturated heterocycles. The van der Waals surface area contributed by atoms with Crippen LogP contribution in [-0.4, -0.2) is 37.2 Å². The van der Waals surface area contributed by atoms with Crippen LogP contribution in [0.2, 0.25) is 0 Å². The molecule has 75 heavy (non-hydrogen) atoms. The van der Waals surface area contributed by atoms with Crippen molar-refractivity contribution in [3.63, 3.8) is 0 Å². The van der Waals surface area contributed by atoms with Gasteiger partial charge >= 0.3 is 17.9 Å². The van der Waals surface area contributed by atoms with Crippen molar-refractivity contribution in [3.05, 3.63) is 134 Å². The van der Waals surface area contributed by atoms with Gasteiger partial charge in [-0.1, -0.05) is 264 Å². The molecule has 0 aromatic rings. The van der Waals surface area contributed by atoms with Gasteiger partial charge in [0, 0.05) is 19.3 Å². The summed E-state index contributed by atoms with van der Waals surface area (Å²) in [5.41, 5.74) is 0. The Bertz CT molecular complexity index is 1620. The Morgan fingerprint density at radius 3 is 0.827 bits per heavy atom. The number of carbonyl (C=O) groups excluding carboxylic acids is 3. The fourth-order valence-corrected chi connectivity index (χ4v) is 8.12. The fraction of sp³-hybridized carbons (Fsp3) is 0.638. The summed E-state index contributed by atoms with van der Waals surface area (Å²) in [5, 5.41) is 0. The van der Waals surface area contributed by atoms with Gasteiger partial charge in [-0.3, -0.25) is 14.4 Å². The highest BCUT2D eigenvalue weighted by atomic mass is 16.6. The molecule has 0 aromatic heterocycles. The van der Waals surface area contributed by atoms with Crippen molar-refractivity contribution in [1.29, 1.82) is 0 Å². The molecular formula is C69H112O6. The summed E-state index contributed by atoms with van der Waals surface area (Å²) in [4.78, 5) is 38.0. The van der Waals surface area contributed by atoms with Gasteiger partial charge in [-0.25, -0.2) is 0 Å². The number of allylic oxidation sites excluding steroid dienone is 22. The normalized spacial score (nSPS) is 13.1. The monoisotopic (exact) mass is 1040 g/mol. The molecule has 6 heteroatoms. The predicted molar refractivity (Wildman–Crippen MR) is 325 cm³/mol. The molecule has 0 amide bonds. The summed E-state index contributed by atoms with van der Waals surface area (Å²) in [6.07, 6.45) is 87.6. The van der Waals surface area contributed by atoms with Gasteiger partial charge in [0.25, 0.3) is 0 Å². The summed E-state index contributed by atoms with van der Waals surface area (Å²) in [7, 11) is 0. The van der Waals surface area contributed by atoms with Crippen molar-refractivity contribution in [2.45, 2.75) is 271 Å². The van der Waals surface area contributed by atoms with Gasteiger partial charge in [0.2, 0.25) is 0 Å². The van der Waals surface area contributed by atoms with Gasteiger partial charge in [0.1, 0.15) is 13.2 Å². The Labute approximate surface area is 462 Å². The highest BCUT2D eigenvalue weighted by Crippen LogP contribution is 2.15. The molecule has 0 aliphatic rings. The molecule has 0 N–H and O–H groups in total. The maximum atomic E-state index is 12.8. The lowest BCUT2D eigenvalue weighted by Crippen LogP contribution is -2.30. The van der Waals surface area contributed by atoms with Gasteiger partial charge in [0.05, 0.1) is 0 Å². The van der Waals surface area contributed by atoms with E-state index in [9.17, 15) is 14.4 Å². The molecule has 0 spiro atoms. The first kappa shape index (κ1) is 70.5. The van der Waals surface area contributed by atoms with Gasteiger partial charge in [-0.05, 0) is 116 Å². The molecule has 0 bridgehead atoms. The smallest absolute Gasteiger partial charge is 0.306 e. The zero-order chi connectivity index (χ0) is 54.3. The summed E-state index contributed by atoms with van der Waals surface area (Å²) in [6, 6.07) is 0. The van der Waals surface area contributed by atoms with Crippen molar-refractivity contribution < 1.29 is 28.6 Å². The minimum atomic E-state index is -0.795. The van der Waals surface area contributed by atoms with E-state index in [1.54, 1.807) is 0 Å². The minimum absolute atomic E-state index is 0.0917. The number of hydrogen-bond acceptors (Lipinski definition) is 6. The predicted octanol–water partition coefficient (Wildman–Crippen LogP) is 21.0. The van der Waals surface area contributed by atoms with Crippen LogP contribution in [0.4, 0.5) is 0 Å². The van der Waals surface area contributed by atoms with E-state index in [1.165, 1.54) is 83.5 Å². The number of carbonyl (C=O) groups is 3. The zero-order valence-electron chi connectivity index (χ0n) is 48.5. The molecule has 424 valence electrons. The maximum absolute atomic E-state index is 12.8. The lowest BCUT2D eigenvalue weighted by atomic mass is 10.1. The van der Waals surface area contributed by atoms with Crippen molar-refractivity contribution >= 4 is 17.9 Å². The number of unbranched alkanes of at least 4 members (excludes halogenated alkanes) is 21. The standard InChI is InChI=1S/C69H112O6/c1-4-7-10-13-16-19-21-23-24-25-26-27-28-29-30-31-32-33-34-35-36-37-38-39-40-41-42-43-44-46-47-50-53-56-59-62-68(71)74-65-66(64-73-67(70)61-58-55-52-49-18-15-12-9-6-3)75-69(72)63-60-57-54-51-48-45-22-20-17-14-11-8-5-2/h7-8,10-11,16-17,19-20,23-24,26-27,29-30,32-33,35-36,38-39,45,48,66H,4-6,9,12-15,18,21-22,25,28,31,34,37,40-44,46-47,49-65H2,1-3H3/b10-7-,11-8-,19-16-,20-17-,24-23-,27-26-,30-29-,33-32-,36-35-,39-38-,48-45-. The van der Waals surface area contributed by atoms with Crippen LogP contribution in [-0.2, 0) is 28.6 Å². The van der Waals surface area contributed by atoms with Gasteiger partial charge in [-0.15, -0.1) is 0 Å². The van der Waals surface area contributed by atoms with Gasteiger partial charge in [0.15, 0.2) is 6.10 Å². The molecule has 0 radical (unpaired) electrons. The first-order chi connectivity index (χ1) is 37.0. The van der Waals surface area contributed by atoms with Crippen LogP contribution >= 0.6 is 0 Å². The second kappa shape index (κ2) is 62.1. The first-order valence-corrected chi connectivity index (χ1v) is 30.7. The molecule has 1 atom stereocenters. The van der Waals surface area contributed by atoms with Crippen LogP contribution in [0.15, 0.2) is 134 Å². The molecule has 1 unspecified atom stereocenters. The van der Waals surface area contributed by atoms with Crippen LogP contribution in [0.5, 0.6) is 0 Å². The fourth-order valence-electron chi connectivity index (χ4n) is 8.12. The van der Waals surface area contributed by atoms with Crippen LogP contribution in [0.3, 0.4) is 0 Å². The molecule has 0 aromatic carbocycles. The lowest BCUT2D eigenvalue weighted by molar-refractivity contribution is -0.167. The van der Waals surface area contributed by atoms with E-state index in [0.717, 1.165) is 141 Å². The number of hydrogen-bond donors (Lipinski definition) is 0. The van der Waals surface area contributed by atoms with E-state index in [0.29, 0.717) is 19.3 Å². The Hall–Kier alpha value is -4.45. The summed E-state index contributed by atoms with van der Waals surface area (Å²) in [6.45, 7) is 6.36. The number of esters is 3. The van der Waals surface area contributed by atoms with Crippen molar-refractivity contribution in [2.24, 2.45) is 0 Å². The highest BCUT2D eigenvalue weighted by Gasteiger charge is 2.19. The molecule has 0 fully saturated rings. The Balaban J connectivity index is 4.14. The Morgan fingerprint density at radius 2 is 0.520 bits per heavy atom. The van der Waals surface area contributed by atoms with E-state index in [-0.39, 0.29) is 31.1 Å². The largest absolute Gasteiger partial charge is 0.462 e. The number of ether oxygens (including phenoxy) is 3. The van der Waals surface area contributed by atoms with E-state index in [2.05, 4.69) is 154 Å². The average molecular weight is 1040 g/mol. The van der Waals surface area contributed by atoms with E-state index < -0.39 is 6.10 Å². The maximum Gasteiger partial charge on any atom is 0.306 e. The number of rotatable bonds is 54. The molecule has 0 saturated carbocycles. The first-order valence-electron chi connectivity index (χ1n) is 30.7. The van der Waals surface area contributed by atoms with Crippen LogP contribution in [0, 0.1) is 0 Å². The van der Waals surface area contributed by atoms with Crippen LogP contribution in [0.25, 0.3) is 0 Å². The van der Waals surface area contributed by atoms with Crippen LogP contribution in [0.1, 0.15) is 265 Å². The zero-order valence-corrected chi connectivity index (χ0v) is 48.5. The third-order valence-electron chi connectivity index (χ3n) is 12.7. The van der Waals surface area contributed by atoms with Gasteiger partial charge in [-0.2, -0.15) is 0 Å². The second-order valence-electron chi connectivity index (χ2n) is 19.9. The summed E-state index contributed by atoms with van der Waals surface area (Å²) in [5.74, 6) is -0.931. The summed E-state index contributed by atoms with van der Waals surface area (Å²) < 4.78 is 16.8. The third kappa shape index (κ3) is 60.3. The highest BCUT2D eigenvalue weighted by molar-refractivity contribution is 5.71. The van der Waals surface area contributed by atoms with Crippen molar-refractivity contribution in [3.8, 4) is 0 Å². The van der Waals surface area contributed by atoms with Gasteiger partial charge < -0.3 is 14.2 Å². The molecule has 0 aliphatic carbocycles. The molecule has 6 nitrogen and oxygen atoms in total. The SMILES string of the molecule is CC/C=C\C/C=C\C/C=C\C/C=C\C/C=C\C/C=C\C/C=C\C/C=C\CCCCCCCCCCCCC(=O)OCC(COC(=O)CCCCCCCCCCC)OC(=O)CCCCC/C=C\C/C=C\C/C=C\CC. The average Bonchev–Trinajstić information content (AvgIpc) is 3.41. The minimum Gasteiger partial charge on any atom is -0.462 e.